The average Bonchev–Trinajstić information content (AvgIpc) is 3.42. The Bertz CT molecular complexity index is 1400. The van der Waals surface area contributed by atoms with E-state index in [1.165, 1.54) is 0 Å². The number of carbonyl (C=O) groups is 2. The van der Waals surface area contributed by atoms with Crippen LogP contribution in [0.25, 0.3) is 11.0 Å². The smallest absolute Gasteiger partial charge is 0.340 e. The highest BCUT2D eigenvalue weighted by Crippen LogP contribution is 2.24. The first-order chi connectivity index (χ1) is 16.8. The Balaban J connectivity index is 1.31. The number of carbonyl (C=O) groups excluding carboxylic acids is 1. The number of amides is 1. The van der Waals surface area contributed by atoms with E-state index >= 15 is 0 Å². The zero-order valence-electron chi connectivity index (χ0n) is 18.7. The minimum atomic E-state index is -1.17. The number of anilines is 2. The van der Waals surface area contributed by atoms with Crippen molar-refractivity contribution >= 4 is 34.7 Å². The molecule has 4 rings (SSSR count). The van der Waals surface area contributed by atoms with Gasteiger partial charge in [-0.15, -0.1) is 0 Å². The first kappa shape index (κ1) is 23.5. The summed E-state index contributed by atoms with van der Waals surface area (Å²) < 4.78 is 0. The molecule has 0 aliphatic carbocycles. The van der Waals surface area contributed by atoms with Gasteiger partial charge in [0.25, 0.3) is 5.91 Å². The molecule has 35 heavy (non-hydrogen) atoms. The Kier molecular flexibility index (Phi) is 6.76. The number of nitrogen functional groups attached to an aromatic ring is 2. The number of hydrogen-bond donors (Lipinski definition) is 7. The largest absolute Gasteiger partial charge is 0.480 e. The van der Waals surface area contributed by atoms with E-state index in [9.17, 15) is 19.5 Å². The Morgan fingerprint density at radius 2 is 1.86 bits per heavy atom. The molecule has 3 aromatic heterocycles. The normalized spacial score (nSPS) is 12.0. The van der Waals surface area contributed by atoms with E-state index in [-0.39, 0.29) is 18.8 Å². The van der Waals surface area contributed by atoms with Crippen molar-refractivity contribution in [2.24, 2.45) is 0 Å². The van der Waals surface area contributed by atoms with Gasteiger partial charge in [-0.3, -0.25) is 9.78 Å². The number of aliphatic carboxylic acids is 1. The van der Waals surface area contributed by atoms with E-state index in [1.54, 1.807) is 12.1 Å². The van der Waals surface area contributed by atoms with Gasteiger partial charge in [0.15, 0.2) is 0 Å². The predicted octanol–water partition coefficient (Wildman–Crippen LogP) is 0.525. The topological polar surface area (TPSA) is 222 Å². The number of fused-ring (bicyclic) bond motifs is 1. The maximum atomic E-state index is 12.5. The minimum absolute atomic E-state index is 0.0793. The van der Waals surface area contributed by atoms with Crippen molar-refractivity contribution in [1.82, 2.24) is 35.5 Å². The first-order valence-corrected chi connectivity index (χ1v) is 10.9. The summed E-state index contributed by atoms with van der Waals surface area (Å²) in [5.74, 6) is -0.869. The van der Waals surface area contributed by atoms with Gasteiger partial charge in [-0.1, -0.05) is 12.1 Å². The van der Waals surface area contributed by atoms with Gasteiger partial charge in [-0.05, 0) is 48.9 Å². The number of carboxylic acid groups (broad SMARTS) is 1. The average molecular weight is 480 g/mol. The maximum absolute atomic E-state index is 12.5. The summed E-state index contributed by atoms with van der Waals surface area (Å²) in [4.78, 5) is 48.9. The standard InChI is InChI=1S/C22H25N9O4/c23-17-16-13(10-25-18(16)29-21(24)28-17)3-1-2-11-4-6-12(7-5-11)19(32)26-14(20(33)34)8-9-15-27-22(35)31-30-15/h4-7,10,14H,1-3,8-9H2,(H,26,32)(H,33,34)(H2,27,30,31,35)(H5,23,24,25,28,29)/t14-/m0/s1. The number of H-pyrrole nitrogens is 3. The van der Waals surface area contributed by atoms with E-state index in [2.05, 4.69) is 35.5 Å². The third-order valence-electron chi connectivity index (χ3n) is 5.61. The van der Waals surface area contributed by atoms with E-state index < -0.39 is 23.6 Å². The lowest BCUT2D eigenvalue weighted by molar-refractivity contribution is -0.139. The number of aryl methyl sites for hydroxylation is 3. The molecule has 1 amide bonds. The second-order valence-electron chi connectivity index (χ2n) is 8.08. The van der Waals surface area contributed by atoms with Gasteiger partial charge < -0.3 is 26.9 Å². The van der Waals surface area contributed by atoms with Crippen LogP contribution in [0.3, 0.4) is 0 Å². The lowest BCUT2D eigenvalue weighted by Gasteiger charge is -2.14. The summed E-state index contributed by atoms with van der Waals surface area (Å²) in [6, 6.07) is 5.88. The Morgan fingerprint density at radius 1 is 1.09 bits per heavy atom. The second-order valence-corrected chi connectivity index (χ2v) is 8.08. The number of rotatable bonds is 10. The molecule has 0 saturated heterocycles. The molecule has 0 spiro atoms. The van der Waals surface area contributed by atoms with Crippen molar-refractivity contribution in [2.45, 2.75) is 38.1 Å². The Hall–Kier alpha value is -4.68. The highest BCUT2D eigenvalue weighted by molar-refractivity contribution is 5.96. The lowest BCUT2D eigenvalue weighted by atomic mass is 10.0. The van der Waals surface area contributed by atoms with Gasteiger partial charge in [0, 0.05) is 18.2 Å². The molecule has 13 nitrogen and oxygen atoms in total. The van der Waals surface area contributed by atoms with Crippen LogP contribution in [-0.4, -0.2) is 53.2 Å². The van der Waals surface area contributed by atoms with E-state index in [4.69, 9.17) is 11.5 Å². The van der Waals surface area contributed by atoms with Gasteiger partial charge in [0.2, 0.25) is 5.95 Å². The quantitative estimate of drug-likeness (QED) is 0.168. The number of hydrogen-bond acceptors (Lipinski definition) is 8. The second kappa shape index (κ2) is 10.1. The third-order valence-corrected chi connectivity index (χ3v) is 5.61. The molecule has 0 fully saturated rings. The van der Waals surface area contributed by atoms with Crippen LogP contribution >= 0.6 is 0 Å². The minimum Gasteiger partial charge on any atom is -0.480 e. The molecule has 0 radical (unpaired) electrons. The summed E-state index contributed by atoms with van der Waals surface area (Å²) in [6.07, 6.45) is 4.47. The molecule has 13 heteroatoms. The summed E-state index contributed by atoms with van der Waals surface area (Å²) in [5, 5.41) is 18.7. The summed E-state index contributed by atoms with van der Waals surface area (Å²) in [5.41, 5.74) is 14.2. The zero-order chi connectivity index (χ0) is 24.9. The fourth-order valence-electron chi connectivity index (χ4n) is 3.85. The molecule has 0 saturated carbocycles. The monoisotopic (exact) mass is 479 g/mol. The van der Waals surface area contributed by atoms with Gasteiger partial charge in [-0.25, -0.2) is 14.7 Å². The summed E-state index contributed by atoms with van der Waals surface area (Å²) >= 11 is 0. The molecular formula is C22H25N9O4. The van der Waals surface area contributed by atoms with Gasteiger partial charge in [0.05, 0.1) is 5.39 Å². The number of aromatic amines is 3. The molecule has 0 bridgehead atoms. The predicted molar refractivity (Wildman–Crippen MR) is 128 cm³/mol. The van der Waals surface area contributed by atoms with Crippen LogP contribution in [0.15, 0.2) is 35.3 Å². The van der Waals surface area contributed by atoms with Crippen molar-refractivity contribution in [2.75, 3.05) is 11.5 Å². The van der Waals surface area contributed by atoms with Gasteiger partial charge in [-0.2, -0.15) is 15.1 Å². The highest BCUT2D eigenvalue weighted by Gasteiger charge is 2.21. The zero-order valence-corrected chi connectivity index (χ0v) is 18.7. The third kappa shape index (κ3) is 5.63. The van der Waals surface area contributed by atoms with Crippen LogP contribution in [0.1, 0.15) is 40.2 Å². The molecule has 182 valence electrons. The summed E-state index contributed by atoms with van der Waals surface area (Å²) in [6.45, 7) is 0. The van der Waals surface area contributed by atoms with E-state index in [0.717, 1.165) is 35.8 Å². The van der Waals surface area contributed by atoms with Gasteiger partial charge >= 0.3 is 11.7 Å². The van der Waals surface area contributed by atoms with Crippen LogP contribution in [0, 0.1) is 0 Å². The van der Waals surface area contributed by atoms with Crippen LogP contribution in [0.5, 0.6) is 0 Å². The molecule has 0 aliphatic heterocycles. The SMILES string of the molecule is Nc1nc(N)c2c(CCCc3ccc(C(=O)N[C@@H](CCc4n[nH]c(=O)[nH]4)C(=O)O)cc3)c[nH]c2n1. The molecule has 1 aromatic carbocycles. The van der Waals surface area contributed by atoms with E-state index in [1.807, 2.05) is 18.3 Å². The number of aromatic nitrogens is 6. The Labute approximate surface area is 198 Å². The molecule has 0 unspecified atom stereocenters. The van der Waals surface area contributed by atoms with Crippen LogP contribution in [0.2, 0.25) is 0 Å². The number of nitrogens with one attached hydrogen (secondary N) is 4. The molecule has 0 aliphatic rings. The van der Waals surface area contributed by atoms with Crippen LogP contribution in [0.4, 0.5) is 11.8 Å². The fourth-order valence-corrected chi connectivity index (χ4v) is 3.85. The lowest BCUT2D eigenvalue weighted by Crippen LogP contribution is -2.41. The van der Waals surface area contributed by atoms with Crippen molar-refractivity contribution in [3.63, 3.8) is 0 Å². The number of nitrogens with two attached hydrogens (primary N) is 2. The maximum Gasteiger partial charge on any atom is 0.340 e. The van der Waals surface area contributed by atoms with Crippen molar-refractivity contribution in [1.29, 1.82) is 0 Å². The van der Waals surface area contributed by atoms with Crippen molar-refractivity contribution in [3.8, 4) is 0 Å². The fraction of sp³-hybridized carbons (Fsp3) is 0.273. The number of benzene rings is 1. The molecule has 1 atom stereocenters. The summed E-state index contributed by atoms with van der Waals surface area (Å²) in [7, 11) is 0. The van der Waals surface area contributed by atoms with E-state index in [0.29, 0.717) is 22.9 Å². The van der Waals surface area contributed by atoms with Crippen molar-refractivity contribution < 1.29 is 14.7 Å². The van der Waals surface area contributed by atoms with Gasteiger partial charge in [0.1, 0.15) is 23.3 Å². The van der Waals surface area contributed by atoms with Crippen LogP contribution in [-0.2, 0) is 24.1 Å². The first-order valence-electron chi connectivity index (χ1n) is 10.9. The molecule has 4 aromatic rings. The number of nitrogens with zero attached hydrogens (tertiary/aromatic N) is 3. The highest BCUT2D eigenvalue weighted by atomic mass is 16.4. The Morgan fingerprint density at radius 3 is 2.54 bits per heavy atom. The molecule has 9 N–H and O–H groups in total. The number of carboxylic acids is 1. The molecule has 3 heterocycles. The molecular weight excluding hydrogens is 454 g/mol. The van der Waals surface area contributed by atoms with Crippen LogP contribution < -0.4 is 22.5 Å². The van der Waals surface area contributed by atoms with Crippen molar-refractivity contribution in [3.05, 3.63) is 63.5 Å².